The summed E-state index contributed by atoms with van der Waals surface area (Å²) in [5.74, 6) is 0. The van der Waals surface area contributed by atoms with Gasteiger partial charge in [0.05, 0.1) is 0 Å². The summed E-state index contributed by atoms with van der Waals surface area (Å²) in [5.41, 5.74) is 3.82. The molecule has 0 spiro atoms. The third-order valence-corrected chi connectivity index (χ3v) is 4.09. The third kappa shape index (κ3) is 4.74. The van der Waals surface area contributed by atoms with Crippen molar-refractivity contribution in [2.75, 3.05) is 6.54 Å². The highest BCUT2D eigenvalue weighted by Gasteiger charge is 2.14. The van der Waals surface area contributed by atoms with Gasteiger partial charge in [0.25, 0.3) is 0 Å². The van der Waals surface area contributed by atoms with Crippen LogP contribution in [0.5, 0.6) is 0 Å². The minimum Gasteiger partial charge on any atom is -0.310 e. The molecule has 112 valence electrons. The van der Waals surface area contributed by atoms with Crippen LogP contribution in [0.3, 0.4) is 0 Å². The van der Waals surface area contributed by atoms with Gasteiger partial charge < -0.3 is 5.32 Å². The molecule has 1 nitrogen and oxygen atoms in total. The van der Waals surface area contributed by atoms with E-state index in [1.807, 2.05) is 24.3 Å². The number of aryl methyl sites for hydroxylation is 1. The van der Waals surface area contributed by atoms with Crippen molar-refractivity contribution in [2.45, 2.75) is 32.7 Å². The molecular formula is C18H21Cl2N. The van der Waals surface area contributed by atoms with Crippen molar-refractivity contribution in [1.29, 1.82) is 0 Å². The normalized spacial score (nSPS) is 12.4. The smallest absolute Gasteiger partial charge is 0.0408 e. The summed E-state index contributed by atoms with van der Waals surface area (Å²) in [6.07, 6.45) is 2.06. The average Bonchev–Trinajstić information content (AvgIpc) is 2.46. The molecule has 0 fully saturated rings. The topological polar surface area (TPSA) is 12.0 Å². The highest BCUT2D eigenvalue weighted by Crippen LogP contribution is 2.25. The van der Waals surface area contributed by atoms with E-state index in [0.717, 1.165) is 29.4 Å². The molecule has 2 aromatic rings. The van der Waals surface area contributed by atoms with Crippen LogP contribution in [-0.2, 0) is 6.42 Å². The number of halogens is 2. The van der Waals surface area contributed by atoms with Gasteiger partial charge in [0.15, 0.2) is 0 Å². The minimum absolute atomic E-state index is 0.295. The van der Waals surface area contributed by atoms with Crippen LogP contribution in [0, 0.1) is 6.92 Å². The van der Waals surface area contributed by atoms with E-state index in [0.29, 0.717) is 6.04 Å². The molecule has 0 amide bonds. The zero-order valence-electron chi connectivity index (χ0n) is 12.5. The Labute approximate surface area is 137 Å². The van der Waals surface area contributed by atoms with E-state index in [4.69, 9.17) is 23.2 Å². The van der Waals surface area contributed by atoms with Crippen LogP contribution in [-0.4, -0.2) is 6.54 Å². The molecule has 0 saturated heterocycles. The molecule has 0 aromatic heterocycles. The Hall–Kier alpha value is -1.02. The molecule has 0 saturated carbocycles. The number of benzene rings is 2. The Bertz CT molecular complexity index is 578. The van der Waals surface area contributed by atoms with Crippen LogP contribution < -0.4 is 5.32 Å². The Morgan fingerprint density at radius 2 is 1.67 bits per heavy atom. The number of hydrogen-bond donors (Lipinski definition) is 1. The molecule has 2 aromatic carbocycles. The molecule has 0 bridgehead atoms. The second kappa shape index (κ2) is 7.84. The third-order valence-electron chi connectivity index (χ3n) is 3.60. The fourth-order valence-corrected chi connectivity index (χ4v) is 2.85. The molecule has 0 aliphatic carbocycles. The predicted molar refractivity (Wildman–Crippen MR) is 92.4 cm³/mol. The summed E-state index contributed by atoms with van der Waals surface area (Å²) in [6, 6.07) is 14.5. The van der Waals surface area contributed by atoms with Crippen molar-refractivity contribution in [3.8, 4) is 0 Å². The van der Waals surface area contributed by atoms with Gasteiger partial charge in [0.1, 0.15) is 0 Å². The van der Waals surface area contributed by atoms with Gasteiger partial charge in [0, 0.05) is 16.1 Å². The standard InChI is InChI=1S/C18H21Cl2N/c1-3-10-21-18(12-14-4-6-15(19)7-5-14)17-9-8-16(20)11-13(17)2/h4-9,11,18,21H,3,10,12H2,1-2H3. The lowest BCUT2D eigenvalue weighted by Crippen LogP contribution is -2.24. The van der Waals surface area contributed by atoms with Gasteiger partial charge in [-0.2, -0.15) is 0 Å². The second-order valence-electron chi connectivity index (χ2n) is 5.34. The Balaban J connectivity index is 2.22. The maximum absolute atomic E-state index is 6.07. The molecule has 1 unspecified atom stereocenters. The lowest BCUT2D eigenvalue weighted by molar-refractivity contribution is 0.527. The summed E-state index contributed by atoms with van der Waals surface area (Å²) < 4.78 is 0. The van der Waals surface area contributed by atoms with Crippen LogP contribution in [0.4, 0.5) is 0 Å². The minimum atomic E-state index is 0.295. The molecule has 3 heteroatoms. The van der Waals surface area contributed by atoms with Crippen molar-refractivity contribution in [1.82, 2.24) is 5.32 Å². The van der Waals surface area contributed by atoms with E-state index < -0.39 is 0 Å². The van der Waals surface area contributed by atoms with Crippen molar-refractivity contribution in [2.24, 2.45) is 0 Å². The summed E-state index contributed by atoms with van der Waals surface area (Å²) >= 11 is 12.0. The zero-order valence-corrected chi connectivity index (χ0v) is 14.0. The molecular weight excluding hydrogens is 301 g/mol. The Morgan fingerprint density at radius 3 is 2.29 bits per heavy atom. The fourth-order valence-electron chi connectivity index (χ4n) is 2.50. The molecule has 1 atom stereocenters. The zero-order chi connectivity index (χ0) is 15.2. The predicted octanol–water partition coefficient (Wildman–Crippen LogP) is 5.59. The molecule has 0 heterocycles. The largest absolute Gasteiger partial charge is 0.310 e. The first kappa shape index (κ1) is 16.4. The SMILES string of the molecule is CCCNC(Cc1ccc(Cl)cc1)c1ccc(Cl)cc1C. The maximum atomic E-state index is 6.07. The molecule has 0 radical (unpaired) electrons. The van der Waals surface area contributed by atoms with Crippen LogP contribution in [0.1, 0.15) is 36.1 Å². The lowest BCUT2D eigenvalue weighted by Gasteiger charge is -2.21. The quantitative estimate of drug-likeness (QED) is 0.731. The first-order valence-corrected chi connectivity index (χ1v) is 8.09. The van der Waals surface area contributed by atoms with E-state index in [1.54, 1.807) is 0 Å². The average molecular weight is 322 g/mol. The van der Waals surface area contributed by atoms with Gasteiger partial charge in [-0.15, -0.1) is 0 Å². The molecule has 21 heavy (non-hydrogen) atoms. The van der Waals surface area contributed by atoms with Gasteiger partial charge in [0.2, 0.25) is 0 Å². The van der Waals surface area contributed by atoms with Crippen LogP contribution >= 0.6 is 23.2 Å². The highest BCUT2D eigenvalue weighted by molar-refractivity contribution is 6.30. The summed E-state index contributed by atoms with van der Waals surface area (Å²) in [6.45, 7) is 5.30. The van der Waals surface area contributed by atoms with Crippen molar-refractivity contribution in [3.63, 3.8) is 0 Å². The molecule has 0 aliphatic heterocycles. The van der Waals surface area contributed by atoms with Crippen molar-refractivity contribution >= 4 is 23.2 Å². The molecule has 0 aliphatic rings. The molecule has 2 rings (SSSR count). The number of nitrogens with one attached hydrogen (secondary N) is 1. The number of hydrogen-bond acceptors (Lipinski definition) is 1. The monoisotopic (exact) mass is 321 g/mol. The van der Waals surface area contributed by atoms with Crippen LogP contribution in [0.25, 0.3) is 0 Å². The highest BCUT2D eigenvalue weighted by atomic mass is 35.5. The van der Waals surface area contributed by atoms with Crippen molar-refractivity contribution in [3.05, 3.63) is 69.2 Å². The van der Waals surface area contributed by atoms with Crippen molar-refractivity contribution < 1.29 is 0 Å². The van der Waals surface area contributed by atoms with Crippen LogP contribution in [0.15, 0.2) is 42.5 Å². The van der Waals surface area contributed by atoms with E-state index >= 15 is 0 Å². The molecule has 1 N–H and O–H groups in total. The summed E-state index contributed by atoms with van der Waals surface area (Å²) in [5, 5.41) is 5.20. The van der Waals surface area contributed by atoms with E-state index in [-0.39, 0.29) is 0 Å². The van der Waals surface area contributed by atoms with Gasteiger partial charge in [-0.1, -0.05) is 48.3 Å². The van der Waals surface area contributed by atoms with Gasteiger partial charge in [-0.05, 0) is 67.3 Å². The van der Waals surface area contributed by atoms with Crippen LogP contribution in [0.2, 0.25) is 10.0 Å². The van der Waals surface area contributed by atoms with Gasteiger partial charge >= 0.3 is 0 Å². The first-order chi connectivity index (χ1) is 10.1. The second-order valence-corrected chi connectivity index (χ2v) is 6.21. The summed E-state index contributed by atoms with van der Waals surface area (Å²) in [7, 11) is 0. The van der Waals surface area contributed by atoms with Gasteiger partial charge in [-0.3, -0.25) is 0 Å². The lowest BCUT2D eigenvalue weighted by atomic mass is 9.95. The maximum Gasteiger partial charge on any atom is 0.0408 e. The van der Waals surface area contributed by atoms with E-state index in [9.17, 15) is 0 Å². The summed E-state index contributed by atoms with van der Waals surface area (Å²) in [4.78, 5) is 0. The number of rotatable bonds is 6. The van der Waals surface area contributed by atoms with E-state index in [1.165, 1.54) is 16.7 Å². The Morgan fingerprint density at radius 1 is 1.00 bits per heavy atom. The fraction of sp³-hybridized carbons (Fsp3) is 0.333. The van der Waals surface area contributed by atoms with E-state index in [2.05, 4.69) is 37.4 Å². The Kier molecular flexibility index (Phi) is 6.10. The first-order valence-electron chi connectivity index (χ1n) is 7.34. The van der Waals surface area contributed by atoms with Gasteiger partial charge in [-0.25, -0.2) is 0 Å².